The van der Waals surface area contributed by atoms with Crippen LogP contribution in [0.15, 0.2) is 0 Å². The van der Waals surface area contributed by atoms with Gasteiger partial charge in [0.05, 0.1) is 0 Å². The molecule has 1 saturated carbocycles. The van der Waals surface area contributed by atoms with Gasteiger partial charge in [-0.15, -0.1) is 0 Å². The van der Waals surface area contributed by atoms with Gasteiger partial charge in [0.2, 0.25) is 0 Å². The Kier molecular flexibility index (Phi) is 9.17. The number of nitrogens with one attached hydrogen (secondary N) is 1. The summed E-state index contributed by atoms with van der Waals surface area (Å²) in [6, 6.07) is 0.759. The first kappa shape index (κ1) is 17.3. The van der Waals surface area contributed by atoms with E-state index in [9.17, 15) is 0 Å². The predicted octanol–water partition coefficient (Wildman–Crippen LogP) is 3.62. The zero-order valence-electron chi connectivity index (χ0n) is 13.5. The molecule has 1 rings (SSSR count). The highest BCUT2D eigenvalue weighted by Gasteiger charge is 2.29. The molecule has 1 N–H and O–H groups in total. The van der Waals surface area contributed by atoms with Crippen LogP contribution in [0.2, 0.25) is 0 Å². The maximum Gasteiger partial charge on any atom is 0.0204 e. The van der Waals surface area contributed by atoms with E-state index in [1.54, 1.807) is 0 Å². The van der Waals surface area contributed by atoms with Gasteiger partial charge in [-0.1, -0.05) is 34.1 Å². The van der Waals surface area contributed by atoms with Crippen molar-refractivity contribution >= 4 is 11.8 Å². The molecule has 0 bridgehead atoms. The molecule has 2 nitrogen and oxygen atoms in total. The Hall–Kier alpha value is 0.270. The van der Waals surface area contributed by atoms with Crippen molar-refractivity contribution in [2.24, 2.45) is 5.92 Å². The van der Waals surface area contributed by atoms with Crippen LogP contribution in [0.3, 0.4) is 0 Å². The maximum absolute atomic E-state index is 3.71. The highest BCUT2D eigenvalue weighted by molar-refractivity contribution is 8.00. The number of hydrogen-bond donors (Lipinski definition) is 1. The molecule has 114 valence electrons. The third-order valence-electron chi connectivity index (χ3n) is 4.58. The lowest BCUT2D eigenvalue weighted by Crippen LogP contribution is -2.43. The van der Waals surface area contributed by atoms with Crippen LogP contribution in [0.25, 0.3) is 0 Å². The Morgan fingerprint density at radius 1 is 1.11 bits per heavy atom. The van der Waals surface area contributed by atoms with Crippen molar-refractivity contribution in [3.8, 4) is 0 Å². The van der Waals surface area contributed by atoms with Crippen molar-refractivity contribution in [1.82, 2.24) is 10.2 Å². The zero-order chi connectivity index (χ0) is 14.1. The van der Waals surface area contributed by atoms with E-state index in [-0.39, 0.29) is 0 Å². The van der Waals surface area contributed by atoms with E-state index in [2.05, 4.69) is 49.7 Å². The Morgan fingerprint density at radius 2 is 1.84 bits per heavy atom. The predicted molar refractivity (Wildman–Crippen MR) is 89.1 cm³/mol. The third kappa shape index (κ3) is 6.05. The molecule has 0 aromatic rings. The lowest BCUT2D eigenvalue weighted by atomic mass is 9.84. The molecule has 0 aromatic heterocycles. The minimum absolute atomic E-state index is 0.759. The Balaban J connectivity index is 2.36. The van der Waals surface area contributed by atoms with E-state index in [1.165, 1.54) is 51.1 Å². The van der Waals surface area contributed by atoms with Gasteiger partial charge >= 0.3 is 0 Å². The van der Waals surface area contributed by atoms with Crippen LogP contribution in [0.1, 0.15) is 53.4 Å². The summed E-state index contributed by atoms with van der Waals surface area (Å²) in [7, 11) is 0. The lowest BCUT2D eigenvalue weighted by Gasteiger charge is -2.36. The highest BCUT2D eigenvalue weighted by atomic mass is 32.2. The van der Waals surface area contributed by atoms with Gasteiger partial charge < -0.3 is 10.2 Å². The summed E-state index contributed by atoms with van der Waals surface area (Å²) >= 11 is 2.22. The molecule has 3 unspecified atom stereocenters. The SMILES string of the molecule is CCNC1CCC(CC)CC1SCCN(CC)CC. The van der Waals surface area contributed by atoms with Crippen LogP contribution in [0.5, 0.6) is 0 Å². The van der Waals surface area contributed by atoms with Crippen molar-refractivity contribution in [2.45, 2.75) is 64.7 Å². The fraction of sp³-hybridized carbons (Fsp3) is 1.00. The molecular weight excluding hydrogens is 252 g/mol. The average molecular weight is 287 g/mol. The van der Waals surface area contributed by atoms with Gasteiger partial charge in [0.1, 0.15) is 0 Å². The van der Waals surface area contributed by atoms with Crippen molar-refractivity contribution in [3.63, 3.8) is 0 Å². The molecule has 1 aliphatic carbocycles. The minimum atomic E-state index is 0.759. The van der Waals surface area contributed by atoms with Crippen LogP contribution >= 0.6 is 11.8 Å². The van der Waals surface area contributed by atoms with Crippen LogP contribution < -0.4 is 5.32 Å². The van der Waals surface area contributed by atoms with Gasteiger partial charge in [-0.2, -0.15) is 11.8 Å². The zero-order valence-corrected chi connectivity index (χ0v) is 14.3. The molecule has 0 amide bonds. The first-order chi connectivity index (χ1) is 9.24. The number of thioether (sulfide) groups is 1. The molecule has 3 heteroatoms. The summed E-state index contributed by atoms with van der Waals surface area (Å²) in [5, 5.41) is 4.55. The molecule has 0 radical (unpaired) electrons. The normalized spacial score (nSPS) is 27.9. The van der Waals surface area contributed by atoms with Crippen LogP contribution in [0, 0.1) is 5.92 Å². The number of rotatable bonds is 9. The molecule has 0 spiro atoms. The topological polar surface area (TPSA) is 15.3 Å². The molecule has 3 atom stereocenters. The van der Waals surface area contributed by atoms with E-state index < -0.39 is 0 Å². The second-order valence-electron chi connectivity index (χ2n) is 5.69. The first-order valence-corrected chi connectivity index (χ1v) is 9.37. The molecule has 0 aliphatic heterocycles. The minimum Gasteiger partial charge on any atom is -0.313 e. The molecule has 19 heavy (non-hydrogen) atoms. The summed E-state index contributed by atoms with van der Waals surface area (Å²) < 4.78 is 0. The van der Waals surface area contributed by atoms with E-state index in [4.69, 9.17) is 0 Å². The van der Waals surface area contributed by atoms with E-state index in [0.717, 1.165) is 23.8 Å². The third-order valence-corrected chi connectivity index (χ3v) is 5.95. The van der Waals surface area contributed by atoms with Gasteiger partial charge in [0.15, 0.2) is 0 Å². The van der Waals surface area contributed by atoms with Crippen LogP contribution in [0.4, 0.5) is 0 Å². The van der Waals surface area contributed by atoms with E-state index in [0.29, 0.717) is 0 Å². The molecule has 0 saturated heterocycles. The van der Waals surface area contributed by atoms with Crippen LogP contribution in [-0.2, 0) is 0 Å². The summed E-state index contributed by atoms with van der Waals surface area (Å²) in [5.41, 5.74) is 0. The average Bonchev–Trinajstić information content (AvgIpc) is 2.45. The quantitative estimate of drug-likeness (QED) is 0.697. The number of nitrogens with zero attached hydrogens (tertiary/aromatic N) is 1. The van der Waals surface area contributed by atoms with Gasteiger partial charge in [0.25, 0.3) is 0 Å². The van der Waals surface area contributed by atoms with Crippen molar-refractivity contribution in [2.75, 3.05) is 31.9 Å². The second-order valence-corrected chi connectivity index (χ2v) is 7.03. The standard InChI is InChI=1S/C16H34N2S/c1-5-14-9-10-15(17-6-2)16(13-14)19-12-11-18(7-3)8-4/h14-17H,5-13H2,1-4H3. The van der Waals surface area contributed by atoms with Gasteiger partial charge in [-0.25, -0.2) is 0 Å². The summed E-state index contributed by atoms with van der Waals surface area (Å²) in [4.78, 5) is 2.54. The fourth-order valence-electron chi connectivity index (χ4n) is 3.14. The molecule has 1 fully saturated rings. The van der Waals surface area contributed by atoms with Crippen molar-refractivity contribution in [3.05, 3.63) is 0 Å². The first-order valence-electron chi connectivity index (χ1n) is 8.32. The monoisotopic (exact) mass is 286 g/mol. The lowest BCUT2D eigenvalue weighted by molar-refractivity contribution is 0.296. The Morgan fingerprint density at radius 3 is 2.42 bits per heavy atom. The molecule has 0 aromatic carbocycles. The Labute approximate surface area is 125 Å². The fourth-order valence-corrected chi connectivity index (χ4v) is 4.67. The van der Waals surface area contributed by atoms with Gasteiger partial charge in [0, 0.05) is 23.6 Å². The second kappa shape index (κ2) is 10.1. The largest absolute Gasteiger partial charge is 0.313 e. The summed E-state index contributed by atoms with van der Waals surface area (Å²) in [5.74, 6) is 2.27. The van der Waals surface area contributed by atoms with E-state index >= 15 is 0 Å². The number of hydrogen-bond acceptors (Lipinski definition) is 3. The molecular formula is C16H34N2S. The molecule has 0 heterocycles. The summed E-state index contributed by atoms with van der Waals surface area (Å²) in [6.07, 6.45) is 5.61. The van der Waals surface area contributed by atoms with Gasteiger partial charge in [-0.05, 0) is 44.8 Å². The maximum atomic E-state index is 3.71. The van der Waals surface area contributed by atoms with Crippen molar-refractivity contribution in [1.29, 1.82) is 0 Å². The van der Waals surface area contributed by atoms with Gasteiger partial charge in [-0.3, -0.25) is 0 Å². The summed E-state index contributed by atoms with van der Waals surface area (Å²) in [6.45, 7) is 13.9. The smallest absolute Gasteiger partial charge is 0.0204 e. The molecule has 1 aliphatic rings. The van der Waals surface area contributed by atoms with Crippen molar-refractivity contribution < 1.29 is 0 Å². The Bertz CT molecular complexity index is 219. The van der Waals surface area contributed by atoms with Crippen LogP contribution in [-0.4, -0.2) is 48.1 Å². The van der Waals surface area contributed by atoms with E-state index in [1.807, 2.05) is 0 Å². The highest BCUT2D eigenvalue weighted by Crippen LogP contribution is 2.34.